The Balaban J connectivity index is 1.61. The molecule has 0 aliphatic rings. The van der Waals surface area contributed by atoms with E-state index in [-0.39, 0.29) is 5.82 Å². The molecule has 4 heteroatoms. The van der Waals surface area contributed by atoms with Crippen molar-refractivity contribution in [1.82, 2.24) is 0 Å². The Bertz CT molecular complexity index is 1660. The van der Waals surface area contributed by atoms with Gasteiger partial charge in [-0.25, -0.2) is 13.2 Å². The van der Waals surface area contributed by atoms with E-state index in [1.165, 1.54) is 12.1 Å². The standard InChI is InChI=1S/C27H15F3S/c1-14-2-4-15(5-3-14)20-6-18-12-26-21(7-16(18)9-23(20)28)22-8-17-10-24(29)25(30)11-19(17)13-27(22)31-26/h2-13H,1H3. The average molecular weight is 428 g/mol. The predicted molar refractivity (Wildman–Crippen MR) is 124 cm³/mol. The van der Waals surface area contributed by atoms with Gasteiger partial charge in [0.1, 0.15) is 5.82 Å². The highest BCUT2D eigenvalue weighted by molar-refractivity contribution is 7.26. The zero-order valence-corrected chi connectivity index (χ0v) is 17.3. The second kappa shape index (κ2) is 6.56. The minimum Gasteiger partial charge on any atom is -0.206 e. The molecule has 0 aliphatic carbocycles. The Hall–Kier alpha value is -3.37. The molecule has 0 unspecified atom stereocenters. The van der Waals surface area contributed by atoms with Crippen LogP contribution in [0.4, 0.5) is 13.2 Å². The van der Waals surface area contributed by atoms with Crippen molar-refractivity contribution in [2.75, 3.05) is 0 Å². The van der Waals surface area contributed by atoms with E-state index in [1.807, 2.05) is 55.5 Å². The van der Waals surface area contributed by atoms with Crippen molar-refractivity contribution in [3.05, 3.63) is 95.8 Å². The Morgan fingerprint density at radius 3 is 1.61 bits per heavy atom. The van der Waals surface area contributed by atoms with Crippen molar-refractivity contribution in [2.45, 2.75) is 6.92 Å². The van der Waals surface area contributed by atoms with Crippen LogP contribution in [0.5, 0.6) is 0 Å². The van der Waals surface area contributed by atoms with E-state index in [4.69, 9.17) is 0 Å². The Labute approximate surface area is 180 Å². The maximum absolute atomic E-state index is 15.0. The molecule has 0 atom stereocenters. The van der Waals surface area contributed by atoms with Gasteiger partial charge < -0.3 is 0 Å². The molecular weight excluding hydrogens is 413 g/mol. The van der Waals surface area contributed by atoms with Crippen LogP contribution in [0.25, 0.3) is 52.8 Å². The number of rotatable bonds is 1. The van der Waals surface area contributed by atoms with Crippen LogP contribution in [0.15, 0.2) is 72.8 Å². The fourth-order valence-corrected chi connectivity index (χ4v) is 5.40. The third kappa shape index (κ3) is 2.90. The maximum Gasteiger partial charge on any atom is 0.159 e. The van der Waals surface area contributed by atoms with Crippen molar-refractivity contribution in [3.8, 4) is 11.1 Å². The normalized spacial score (nSPS) is 11.9. The third-order valence-electron chi connectivity index (χ3n) is 5.88. The molecule has 0 aliphatic heterocycles. The van der Waals surface area contributed by atoms with Crippen LogP contribution in [-0.2, 0) is 0 Å². The summed E-state index contributed by atoms with van der Waals surface area (Å²) < 4.78 is 44.4. The number of hydrogen-bond donors (Lipinski definition) is 0. The molecule has 0 bridgehead atoms. The zero-order chi connectivity index (χ0) is 21.3. The molecule has 31 heavy (non-hydrogen) atoms. The second-order valence-electron chi connectivity index (χ2n) is 7.96. The summed E-state index contributed by atoms with van der Waals surface area (Å²) in [6, 6.07) is 21.6. The van der Waals surface area contributed by atoms with Crippen molar-refractivity contribution in [1.29, 1.82) is 0 Å². The van der Waals surface area contributed by atoms with Gasteiger partial charge in [-0.3, -0.25) is 0 Å². The minimum atomic E-state index is -0.859. The summed E-state index contributed by atoms with van der Waals surface area (Å²) in [7, 11) is 0. The van der Waals surface area contributed by atoms with E-state index >= 15 is 0 Å². The molecule has 0 nitrogen and oxygen atoms in total. The quantitative estimate of drug-likeness (QED) is 0.246. The molecule has 0 saturated heterocycles. The van der Waals surface area contributed by atoms with Crippen LogP contribution in [-0.4, -0.2) is 0 Å². The Morgan fingerprint density at radius 1 is 0.548 bits per heavy atom. The first-order valence-electron chi connectivity index (χ1n) is 9.92. The van der Waals surface area contributed by atoms with E-state index in [1.54, 1.807) is 17.4 Å². The molecule has 0 amide bonds. The van der Waals surface area contributed by atoms with Gasteiger partial charge in [0.25, 0.3) is 0 Å². The fraction of sp³-hybridized carbons (Fsp3) is 0.0370. The molecule has 150 valence electrons. The number of hydrogen-bond acceptors (Lipinski definition) is 1. The second-order valence-corrected chi connectivity index (χ2v) is 9.04. The van der Waals surface area contributed by atoms with Crippen molar-refractivity contribution >= 4 is 53.1 Å². The highest BCUT2D eigenvalue weighted by Gasteiger charge is 2.13. The monoisotopic (exact) mass is 428 g/mol. The van der Waals surface area contributed by atoms with Gasteiger partial charge in [-0.05, 0) is 82.6 Å². The first-order chi connectivity index (χ1) is 15.0. The van der Waals surface area contributed by atoms with Gasteiger partial charge in [-0.2, -0.15) is 0 Å². The summed E-state index contributed by atoms with van der Waals surface area (Å²) in [5.74, 6) is -1.97. The molecule has 0 fully saturated rings. The van der Waals surface area contributed by atoms with Gasteiger partial charge in [-0.15, -0.1) is 11.3 Å². The van der Waals surface area contributed by atoms with E-state index in [9.17, 15) is 13.2 Å². The number of thiophene rings is 1. The van der Waals surface area contributed by atoms with Crippen molar-refractivity contribution in [2.24, 2.45) is 0 Å². The van der Waals surface area contributed by atoms with E-state index in [2.05, 4.69) is 6.07 Å². The summed E-state index contributed by atoms with van der Waals surface area (Å²) >= 11 is 1.60. The van der Waals surface area contributed by atoms with Gasteiger partial charge in [0.2, 0.25) is 0 Å². The molecule has 0 saturated carbocycles. The highest BCUT2D eigenvalue weighted by Crippen LogP contribution is 2.40. The van der Waals surface area contributed by atoms with E-state index in [0.717, 1.165) is 42.1 Å². The topological polar surface area (TPSA) is 0 Å². The number of halogens is 3. The lowest BCUT2D eigenvalue weighted by Crippen LogP contribution is -1.86. The van der Waals surface area contributed by atoms with Crippen molar-refractivity contribution in [3.63, 3.8) is 0 Å². The van der Waals surface area contributed by atoms with Gasteiger partial charge in [0.15, 0.2) is 11.6 Å². The zero-order valence-electron chi connectivity index (χ0n) is 16.5. The van der Waals surface area contributed by atoms with Crippen LogP contribution >= 0.6 is 11.3 Å². The van der Waals surface area contributed by atoms with Crippen LogP contribution in [0.1, 0.15) is 5.56 Å². The predicted octanol–water partition coefficient (Wildman–Crippen LogP) is 8.75. The molecule has 0 spiro atoms. The number of benzene rings is 5. The van der Waals surface area contributed by atoms with Gasteiger partial charge in [-0.1, -0.05) is 29.8 Å². The van der Waals surface area contributed by atoms with E-state index < -0.39 is 11.6 Å². The Morgan fingerprint density at radius 2 is 1.03 bits per heavy atom. The number of aryl methyl sites for hydroxylation is 1. The molecule has 6 rings (SSSR count). The molecular formula is C27H15F3S. The first kappa shape index (κ1) is 18.4. The first-order valence-corrected chi connectivity index (χ1v) is 10.7. The average Bonchev–Trinajstić information content (AvgIpc) is 3.08. The summed E-state index contributed by atoms with van der Waals surface area (Å²) in [6.45, 7) is 2.00. The third-order valence-corrected chi connectivity index (χ3v) is 6.99. The maximum atomic E-state index is 15.0. The fourth-order valence-electron chi connectivity index (χ4n) is 4.24. The molecule has 0 radical (unpaired) electrons. The number of fused-ring (bicyclic) bond motifs is 5. The minimum absolute atomic E-state index is 0.266. The van der Waals surface area contributed by atoms with Crippen LogP contribution in [0.2, 0.25) is 0 Å². The lowest BCUT2D eigenvalue weighted by atomic mass is 9.98. The van der Waals surface area contributed by atoms with Gasteiger partial charge in [0.05, 0.1) is 0 Å². The van der Waals surface area contributed by atoms with Gasteiger partial charge >= 0.3 is 0 Å². The molecule has 6 aromatic rings. The van der Waals surface area contributed by atoms with Crippen LogP contribution in [0, 0.1) is 24.4 Å². The molecule has 0 N–H and O–H groups in total. The summed E-state index contributed by atoms with van der Waals surface area (Å²) in [6.07, 6.45) is 0. The molecule has 1 aromatic heterocycles. The van der Waals surface area contributed by atoms with Crippen LogP contribution in [0.3, 0.4) is 0 Å². The molecule has 1 heterocycles. The lowest BCUT2D eigenvalue weighted by Gasteiger charge is -2.07. The van der Waals surface area contributed by atoms with E-state index in [0.29, 0.717) is 16.3 Å². The summed E-state index contributed by atoms with van der Waals surface area (Å²) in [5.41, 5.74) is 2.55. The highest BCUT2D eigenvalue weighted by atomic mass is 32.1. The van der Waals surface area contributed by atoms with Crippen LogP contribution < -0.4 is 0 Å². The largest absolute Gasteiger partial charge is 0.206 e. The SMILES string of the molecule is Cc1ccc(-c2cc3cc4sc5cc6cc(F)c(F)cc6cc5c4cc3cc2F)cc1. The van der Waals surface area contributed by atoms with Crippen molar-refractivity contribution < 1.29 is 13.2 Å². The Kier molecular flexibility index (Phi) is 3.90. The smallest absolute Gasteiger partial charge is 0.159 e. The molecule has 5 aromatic carbocycles. The summed E-state index contributed by atoms with van der Waals surface area (Å²) in [4.78, 5) is 0. The van der Waals surface area contributed by atoms with Gasteiger partial charge in [0, 0.05) is 25.7 Å². The summed E-state index contributed by atoms with van der Waals surface area (Å²) in [5, 5.41) is 5.02. The lowest BCUT2D eigenvalue weighted by molar-refractivity contribution is 0.511.